The number of hydrogen-bond donors (Lipinski definition) is 0. The highest BCUT2D eigenvalue weighted by Gasteiger charge is 2.13. The summed E-state index contributed by atoms with van der Waals surface area (Å²) in [5, 5.41) is 0.721. The average Bonchev–Trinajstić information content (AvgIpc) is 2.18. The van der Waals surface area contributed by atoms with E-state index in [1.54, 1.807) is 0 Å². The van der Waals surface area contributed by atoms with Crippen LogP contribution in [0.1, 0.15) is 0 Å². The van der Waals surface area contributed by atoms with Gasteiger partial charge in [0.2, 0.25) is 0 Å². The Morgan fingerprint density at radius 1 is 1.19 bits per heavy atom. The van der Waals surface area contributed by atoms with Gasteiger partial charge in [0, 0.05) is 16.5 Å². The number of rotatable bonds is 2. The van der Waals surface area contributed by atoms with Gasteiger partial charge in [0.15, 0.2) is 5.75 Å². The molecule has 7 heteroatoms. The van der Waals surface area contributed by atoms with E-state index >= 15 is 0 Å². The molecule has 0 bridgehead atoms. The van der Waals surface area contributed by atoms with Gasteiger partial charge in [0.1, 0.15) is 17.0 Å². The largest absolute Gasteiger partial charge is 0.432 e. The summed E-state index contributed by atoms with van der Waals surface area (Å²) >= 11 is 11.5. The minimum absolute atomic E-state index is 0.123. The van der Waals surface area contributed by atoms with E-state index in [4.69, 9.17) is 23.2 Å². The van der Waals surface area contributed by atoms with Crippen LogP contribution in [0.2, 0.25) is 10.2 Å². The zero-order chi connectivity index (χ0) is 11.7. The van der Waals surface area contributed by atoms with Crippen LogP contribution in [0, 0.1) is 0 Å². The summed E-state index contributed by atoms with van der Waals surface area (Å²) in [6.07, 6.45) is 1.16. The first-order valence-corrected chi connectivity index (χ1v) is 4.88. The van der Waals surface area contributed by atoms with Crippen LogP contribution < -0.4 is 4.74 Å². The maximum absolute atomic E-state index is 12.1. The Balaban J connectivity index is 2.68. The summed E-state index contributed by atoms with van der Waals surface area (Å²) in [6.45, 7) is -2.95. The quantitative estimate of drug-likeness (QED) is 0.779. The van der Waals surface area contributed by atoms with E-state index in [1.807, 2.05) is 0 Å². The molecule has 0 amide bonds. The van der Waals surface area contributed by atoms with E-state index in [-0.39, 0.29) is 21.4 Å². The molecule has 0 aliphatic carbocycles. The van der Waals surface area contributed by atoms with Gasteiger partial charge in [-0.25, -0.2) is 9.97 Å². The lowest BCUT2D eigenvalue weighted by Crippen LogP contribution is -2.03. The third-order valence-corrected chi connectivity index (χ3v) is 2.36. The first-order chi connectivity index (χ1) is 7.58. The molecule has 0 spiro atoms. The van der Waals surface area contributed by atoms with Crippen molar-refractivity contribution in [3.63, 3.8) is 0 Å². The fourth-order valence-corrected chi connectivity index (χ4v) is 1.65. The number of alkyl halides is 2. The van der Waals surface area contributed by atoms with E-state index in [0.717, 1.165) is 6.33 Å². The van der Waals surface area contributed by atoms with Crippen molar-refractivity contribution in [3.8, 4) is 5.75 Å². The maximum Gasteiger partial charge on any atom is 0.387 e. The Labute approximate surface area is 99.0 Å². The van der Waals surface area contributed by atoms with E-state index < -0.39 is 6.61 Å². The summed E-state index contributed by atoms with van der Waals surface area (Å²) in [5.41, 5.74) is 0.199. The highest BCUT2D eigenvalue weighted by atomic mass is 35.5. The smallest absolute Gasteiger partial charge is 0.387 e. The van der Waals surface area contributed by atoms with Crippen LogP contribution in [-0.2, 0) is 0 Å². The fraction of sp³-hybridized carbons (Fsp3) is 0.111. The second kappa shape index (κ2) is 4.35. The Bertz CT molecular complexity index is 536. The van der Waals surface area contributed by atoms with Crippen LogP contribution in [0.5, 0.6) is 5.75 Å². The predicted octanol–water partition coefficient (Wildman–Crippen LogP) is 3.54. The van der Waals surface area contributed by atoms with Gasteiger partial charge in [0.05, 0.1) is 0 Å². The summed E-state index contributed by atoms with van der Waals surface area (Å²) in [4.78, 5) is 7.54. The Morgan fingerprint density at radius 2 is 1.94 bits per heavy atom. The molecule has 2 aromatic rings. The van der Waals surface area contributed by atoms with Gasteiger partial charge in [-0.05, 0) is 6.07 Å². The third-order valence-electron chi connectivity index (χ3n) is 1.84. The van der Waals surface area contributed by atoms with Gasteiger partial charge in [0.25, 0.3) is 0 Å². The van der Waals surface area contributed by atoms with Crippen LogP contribution in [0.4, 0.5) is 8.78 Å². The molecule has 0 aliphatic heterocycles. The fourth-order valence-electron chi connectivity index (χ4n) is 1.26. The predicted molar refractivity (Wildman–Crippen MR) is 56.2 cm³/mol. The average molecular weight is 265 g/mol. The first kappa shape index (κ1) is 11.3. The molecule has 1 heterocycles. The molecule has 2 rings (SSSR count). The second-order valence-corrected chi connectivity index (χ2v) is 3.64. The van der Waals surface area contributed by atoms with Crippen molar-refractivity contribution in [2.45, 2.75) is 6.61 Å². The number of fused-ring (bicyclic) bond motifs is 1. The number of ether oxygens (including phenoxy) is 1. The Morgan fingerprint density at radius 3 is 2.62 bits per heavy atom. The summed E-state index contributed by atoms with van der Waals surface area (Å²) in [7, 11) is 0. The van der Waals surface area contributed by atoms with E-state index in [0.29, 0.717) is 5.39 Å². The molecular weight excluding hydrogens is 261 g/mol. The molecule has 0 aliphatic rings. The highest BCUT2D eigenvalue weighted by Crippen LogP contribution is 2.32. The molecular formula is C9H4Cl2F2N2O. The van der Waals surface area contributed by atoms with Gasteiger partial charge in [-0.3, -0.25) is 0 Å². The van der Waals surface area contributed by atoms with Crippen LogP contribution in [0.3, 0.4) is 0 Å². The number of aromatic nitrogens is 2. The molecule has 1 aromatic carbocycles. The van der Waals surface area contributed by atoms with Crippen LogP contribution >= 0.6 is 23.2 Å². The lowest BCUT2D eigenvalue weighted by molar-refractivity contribution is -0.0489. The Hall–Kier alpha value is -1.20. The van der Waals surface area contributed by atoms with E-state index in [9.17, 15) is 8.78 Å². The molecule has 1 aromatic heterocycles. The molecule has 3 nitrogen and oxygen atoms in total. The minimum atomic E-state index is -2.95. The monoisotopic (exact) mass is 264 g/mol. The van der Waals surface area contributed by atoms with Crippen molar-refractivity contribution in [2.75, 3.05) is 0 Å². The standard InChI is InChI=1S/C9H4Cl2F2N2O/c10-4-1-5-7(14-3-15-8(5)11)6(2-4)16-9(12)13/h1-3,9H. The summed E-state index contributed by atoms with van der Waals surface area (Å²) in [5.74, 6) is -0.123. The number of hydrogen-bond acceptors (Lipinski definition) is 3. The van der Waals surface area contributed by atoms with Crippen LogP contribution in [0.15, 0.2) is 18.5 Å². The van der Waals surface area contributed by atoms with E-state index in [1.165, 1.54) is 12.1 Å². The lowest BCUT2D eigenvalue weighted by atomic mass is 10.2. The van der Waals surface area contributed by atoms with Crippen molar-refractivity contribution >= 4 is 34.1 Å². The zero-order valence-electron chi connectivity index (χ0n) is 7.62. The SMILES string of the molecule is FC(F)Oc1cc(Cl)cc2c(Cl)ncnc12. The number of halogens is 4. The van der Waals surface area contributed by atoms with Gasteiger partial charge in [-0.2, -0.15) is 8.78 Å². The molecule has 0 saturated carbocycles. The Kier molecular flexibility index (Phi) is 3.07. The van der Waals surface area contributed by atoms with E-state index in [2.05, 4.69) is 14.7 Å². The van der Waals surface area contributed by atoms with Crippen molar-refractivity contribution in [2.24, 2.45) is 0 Å². The van der Waals surface area contributed by atoms with Gasteiger partial charge >= 0.3 is 6.61 Å². The number of nitrogens with zero attached hydrogens (tertiary/aromatic N) is 2. The zero-order valence-corrected chi connectivity index (χ0v) is 9.14. The summed E-state index contributed by atoms with van der Waals surface area (Å²) < 4.78 is 28.6. The number of benzene rings is 1. The normalized spacial score (nSPS) is 11.1. The molecule has 0 radical (unpaired) electrons. The van der Waals surface area contributed by atoms with Crippen LogP contribution in [0.25, 0.3) is 10.9 Å². The maximum atomic E-state index is 12.1. The highest BCUT2D eigenvalue weighted by molar-refractivity contribution is 6.36. The van der Waals surface area contributed by atoms with Crippen molar-refractivity contribution in [3.05, 3.63) is 28.6 Å². The van der Waals surface area contributed by atoms with Crippen molar-refractivity contribution < 1.29 is 13.5 Å². The molecule has 0 fully saturated rings. The molecule has 84 valence electrons. The summed E-state index contributed by atoms with van der Waals surface area (Å²) in [6, 6.07) is 2.73. The molecule has 16 heavy (non-hydrogen) atoms. The first-order valence-electron chi connectivity index (χ1n) is 4.12. The molecule has 0 saturated heterocycles. The topological polar surface area (TPSA) is 35.0 Å². The van der Waals surface area contributed by atoms with Gasteiger partial charge in [-0.1, -0.05) is 23.2 Å². The van der Waals surface area contributed by atoms with Gasteiger partial charge < -0.3 is 4.74 Å². The van der Waals surface area contributed by atoms with Crippen LogP contribution in [-0.4, -0.2) is 16.6 Å². The minimum Gasteiger partial charge on any atom is -0.432 e. The molecule has 0 N–H and O–H groups in total. The molecule has 0 unspecified atom stereocenters. The second-order valence-electron chi connectivity index (χ2n) is 2.84. The van der Waals surface area contributed by atoms with Crippen molar-refractivity contribution in [1.29, 1.82) is 0 Å². The third kappa shape index (κ3) is 2.15. The van der Waals surface area contributed by atoms with Gasteiger partial charge in [-0.15, -0.1) is 0 Å². The van der Waals surface area contributed by atoms with Crippen molar-refractivity contribution in [1.82, 2.24) is 9.97 Å². The molecule has 0 atom stereocenters. The lowest BCUT2D eigenvalue weighted by Gasteiger charge is -2.08.